The van der Waals surface area contributed by atoms with Gasteiger partial charge in [0.2, 0.25) is 0 Å². The van der Waals surface area contributed by atoms with Crippen molar-refractivity contribution in [2.45, 2.75) is 20.1 Å². The van der Waals surface area contributed by atoms with Crippen LogP contribution in [0, 0.1) is 11.3 Å². The molecular formula is C16H17N3O. The molecule has 0 amide bonds. The molecule has 0 fully saturated rings. The average Bonchev–Trinajstić information content (AvgIpc) is 2.52. The predicted octanol–water partition coefficient (Wildman–Crippen LogP) is 2.64. The van der Waals surface area contributed by atoms with Crippen LogP contribution in [0.1, 0.15) is 23.7 Å². The second-order valence-electron chi connectivity index (χ2n) is 4.32. The first-order valence-electron chi connectivity index (χ1n) is 6.60. The Balaban J connectivity index is 1.95. The van der Waals surface area contributed by atoms with E-state index < -0.39 is 0 Å². The number of hydrogen-bond acceptors (Lipinski definition) is 4. The zero-order chi connectivity index (χ0) is 14.2. The second kappa shape index (κ2) is 7.27. The van der Waals surface area contributed by atoms with Gasteiger partial charge in [-0.3, -0.25) is 4.98 Å². The van der Waals surface area contributed by atoms with Gasteiger partial charge in [0.25, 0.3) is 0 Å². The first-order chi connectivity index (χ1) is 9.83. The van der Waals surface area contributed by atoms with Gasteiger partial charge in [-0.2, -0.15) is 5.26 Å². The van der Waals surface area contributed by atoms with E-state index in [9.17, 15) is 0 Å². The number of nitrogens with one attached hydrogen (secondary N) is 1. The van der Waals surface area contributed by atoms with Gasteiger partial charge in [-0.05, 0) is 24.7 Å². The second-order valence-corrected chi connectivity index (χ2v) is 4.32. The molecule has 1 aromatic carbocycles. The number of nitriles is 1. The molecule has 0 atom stereocenters. The van der Waals surface area contributed by atoms with Gasteiger partial charge in [0.1, 0.15) is 12.4 Å². The van der Waals surface area contributed by atoms with E-state index in [2.05, 4.69) is 23.3 Å². The van der Waals surface area contributed by atoms with E-state index in [-0.39, 0.29) is 0 Å². The molecule has 0 bridgehead atoms. The lowest BCUT2D eigenvalue weighted by Gasteiger charge is -2.08. The van der Waals surface area contributed by atoms with Crippen LogP contribution in [0.2, 0.25) is 0 Å². The number of ether oxygens (including phenoxy) is 1. The summed E-state index contributed by atoms with van der Waals surface area (Å²) in [7, 11) is 0. The largest absolute Gasteiger partial charge is 0.487 e. The summed E-state index contributed by atoms with van der Waals surface area (Å²) < 4.78 is 5.66. The maximum Gasteiger partial charge on any atom is 0.138 e. The molecule has 4 nitrogen and oxygen atoms in total. The molecule has 1 heterocycles. The number of aromatic nitrogens is 1. The quantitative estimate of drug-likeness (QED) is 0.874. The number of hydrogen-bond donors (Lipinski definition) is 1. The van der Waals surface area contributed by atoms with E-state index in [1.807, 2.05) is 30.3 Å². The van der Waals surface area contributed by atoms with Gasteiger partial charge in [-0.25, -0.2) is 0 Å². The molecule has 102 valence electrons. The third-order valence-electron chi connectivity index (χ3n) is 2.89. The maximum absolute atomic E-state index is 9.01. The Kier molecular flexibility index (Phi) is 5.10. The minimum Gasteiger partial charge on any atom is -0.487 e. The number of nitrogens with zero attached hydrogens (tertiary/aromatic N) is 2. The van der Waals surface area contributed by atoms with Crippen LogP contribution in [-0.2, 0) is 13.2 Å². The molecule has 0 unspecified atom stereocenters. The fourth-order valence-electron chi connectivity index (χ4n) is 1.77. The van der Waals surface area contributed by atoms with Crippen LogP contribution in [-0.4, -0.2) is 11.5 Å². The molecule has 0 aliphatic carbocycles. The van der Waals surface area contributed by atoms with Crippen LogP contribution in [0.25, 0.3) is 0 Å². The summed E-state index contributed by atoms with van der Waals surface area (Å²) in [6.07, 6.45) is 1.71. The highest BCUT2D eigenvalue weighted by Gasteiger charge is 2.02. The van der Waals surface area contributed by atoms with Crippen LogP contribution in [0.3, 0.4) is 0 Å². The minimum absolute atomic E-state index is 0.373. The van der Waals surface area contributed by atoms with E-state index in [1.54, 1.807) is 12.3 Å². The summed E-state index contributed by atoms with van der Waals surface area (Å²) in [5.41, 5.74) is 2.51. The monoisotopic (exact) mass is 267 g/mol. The number of pyridine rings is 1. The lowest BCUT2D eigenvalue weighted by atomic mass is 10.1. The van der Waals surface area contributed by atoms with E-state index in [1.165, 1.54) is 0 Å². The first kappa shape index (κ1) is 14.0. The molecule has 0 spiro atoms. The van der Waals surface area contributed by atoms with Crippen molar-refractivity contribution in [1.82, 2.24) is 10.3 Å². The van der Waals surface area contributed by atoms with E-state index >= 15 is 0 Å². The maximum atomic E-state index is 9.01. The molecule has 0 aliphatic rings. The molecule has 0 saturated carbocycles. The SMILES string of the molecule is CCNCc1ccc(OCc2ccccc2C#N)cn1. The Bertz CT molecular complexity index is 587. The zero-order valence-corrected chi connectivity index (χ0v) is 11.5. The van der Waals surface area contributed by atoms with E-state index in [0.717, 1.165) is 24.3 Å². The summed E-state index contributed by atoms with van der Waals surface area (Å²) in [5, 5.41) is 12.2. The molecule has 20 heavy (non-hydrogen) atoms. The summed E-state index contributed by atoms with van der Waals surface area (Å²) in [6, 6.07) is 13.4. The predicted molar refractivity (Wildman–Crippen MR) is 77.1 cm³/mol. The Hall–Kier alpha value is -2.38. The molecule has 2 rings (SSSR count). The van der Waals surface area contributed by atoms with Crippen molar-refractivity contribution >= 4 is 0 Å². The summed E-state index contributed by atoms with van der Waals surface area (Å²) in [5.74, 6) is 0.706. The molecule has 1 N–H and O–H groups in total. The van der Waals surface area contributed by atoms with Crippen LogP contribution >= 0.6 is 0 Å². The van der Waals surface area contributed by atoms with Gasteiger partial charge in [0.15, 0.2) is 0 Å². The van der Waals surface area contributed by atoms with Crippen molar-refractivity contribution in [1.29, 1.82) is 5.26 Å². The lowest BCUT2D eigenvalue weighted by molar-refractivity contribution is 0.304. The molecule has 4 heteroatoms. The van der Waals surface area contributed by atoms with E-state index in [0.29, 0.717) is 17.9 Å². The topological polar surface area (TPSA) is 57.9 Å². The molecule has 0 radical (unpaired) electrons. The number of rotatable bonds is 6. The average molecular weight is 267 g/mol. The van der Waals surface area contributed by atoms with Gasteiger partial charge in [0, 0.05) is 12.1 Å². The van der Waals surface area contributed by atoms with Crippen molar-refractivity contribution in [2.24, 2.45) is 0 Å². The van der Waals surface area contributed by atoms with E-state index in [4.69, 9.17) is 10.00 Å². The first-order valence-corrected chi connectivity index (χ1v) is 6.60. The number of benzene rings is 1. The lowest BCUT2D eigenvalue weighted by Crippen LogP contribution is -2.12. The summed E-state index contributed by atoms with van der Waals surface area (Å²) in [6.45, 7) is 4.11. The van der Waals surface area contributed by atoms with Crippen molar-refractivity contribution in [3.8, 4) is 11.8 Å². The van der Waals surface area contributed by atoms with Crippen LogP contribution < -0.4 is 10.1 Å². The third kappa shape index (κ3) is 3.81. The fraction of sp³-hybridized carbons (Fsp3) is 0.250. The highest BCUT2D eigenvalue weighted by Crippen LogP contribution is 2.14. The Labute approximate surface area is 119 Å². The van der Waals surface area contributed by atoms with Gasteiger partial charge in [0.05, 0.1) is 23.5 Å². The summed E-state index contributed by atoms with van der Waals surface area (Å²) >= 11 is 0. The van der Waals surface area contributed by atoms with Crippen molar-refractivity contribution in [2.75, 3.05) is 6.54 Å². The van der Waals surface area contributed by atoms with Crippen LogP contribution in [0.15, 0.2) is 42.6 Å². The van der Waals surface area contributed by atoms with Gasteiger partial charge >= 0.3 is 0 Å². The Morgan fingerprint density at radius 1 is 1.25 bits per heavy atom. The molecule has 0 aliphatic heterocycles. The van der Waals surface area contributed by atoms with Gasteiger partial charge in [-0.15, -0.1) is 0 Å². The third-order valence-corrected chi connectivity index (χ3v) is 2.89. The Morgan fingerprint density at radius 2 is 2.10 bits per heavy atom. The van der Waals surface area contributed by atoms with Crippen molar-refractivity contribution in [3.05, 3.63) is 59.4 Å². The standard InChI is InChI=1S/C16H17N3O/c1-2-18-10-15-7-8-16(11-19-15)20-12-14-6-4-3-5-13(14)9-17/h3-8,11,18H,2,10,12H2,1H3. The highest BCUT2D eigenvalue weighted by molar-refractivity contribution is 5.37. The van der Waals surface area contributed by atoms with Gasteiger partial charge in [-0.1, -0.05) is 25.1 Å². The van der Waals surface area contributed by atoms with Crippen molar-refractivity contribution in [3.63, 3.8) is 0 Å². The van der Waals surface area contributed by atoms with Gasteiger partial charge < -0.3 is 10.1 Å². The highest BCUT2D eigenvalue weighted by atomic mass is 16.5. The van der Waals surface area contributed by atoms with Crippen LogP contribution in [0.4, 0.5) is 0 Å². The minimum atomic E-state index is 0.373. The smallest absolute Gasteiger partial charge is 0.138 e. The molecule has 0 saturated heterocycles. The molecular weight excluding hydrogens is 250 g/mol. The van der Waals surface area contributed by atoms with Crippen molar-refractivity contribution < 1.29 is 4.74 Å². The molecule has 2 aromatic rings. The summed E-state index contributed by atoms with van der Waals surface area (Å²) in [4.78, 5) is 4.32. The Morgan fingerprint density at radius 3 is 2.80 bits per heavy atom. The zero-order valence-electron chi connectivity index (χ0n) is 11.5. The van der Waals surface area contributed by atoms with Crippen LogP contribution in [0.5, 0.6) is 5.75 Å². The normalized spacial score (nSPS) is 10.0. The fourth-order valence-corrected chi connectivity index (χ4v) is 1.77. The molecule has 1 aromatic heterocycles.